The van der Waals surface area contributed by atoms with Crippen molar-refractivity contribution < 1.29 is 0 Å². The third-order valence-corrected chi connectivity index (χ3v) is 14.4. The summed E-state index contributed by atoms with van der Waals surface area (Å²) in [6.45, 7) is 0. The summed E-state index contributed by atoms with van der Waals surface area (Å²) in [7, 11) is 0. The van der Waals surface area contributed by atoms with Crippen LogP contribution >= 0.6 is 0 Å². The molecule has 8 aromatic carbocycles. The van der Waals surface area contributed by atoms with E-state index in [2.05, 4.69) is 193 Å². The summed E-state index contributed by atoms with van der Waals surface area (Å²) in [5.41, 5.74) is 17.2. The Bertz CT molecular complexity index is 2770. The van der Waals surface area contributed by atoms with E-state index >= 15 is 0 Å². The van der Waals surface area contributed by atoms with Crippen LogP contribution in [0.25, 0.3) is 55.3 Å². The molecule has 0 amide bonds. The first-order chi connectivity index (χ1) is 28.2. The van der Waals surface area contributed by atoms with Gasteiger partial charge in [0.25, 0.3) is 0 Å². The lowest BCUT2D eigenvalue weighted by Crippen LogP contribution is -2.55. The Morgan fingerprint density at radius 2 is 0.912 bits per heavy atom. The van der Waals surface area contributed by atoms with Gasteiger partial charge in [0.1, 0.15) is 0 Å². The predicted molar refractivity (Wildman–Crippen MR) is 238 cm³/mol. The van der Waals surface area contributed by atoms with E-state index in [1.165, 1.54) is 104 Å². The molecule has 4 fully saturated rings. The second-order valence-corrected chi connectivity index (χ2v) is 17.4. The molecule has 1 nitrogen and oxygen atoms in total. The number of nitrogens with zero attached hydrogens (tertiary/aromatic N) is 1. The van der Waals surface area contributed by atoms with Crippen molar-refractivity contribution in [1.29, 1.82) is 0 Å². The van der Waals surface area contributed by atoms with Crippen LogP contribution in [0.1, 0.15) is 43.2 Å². The van der Waals surface area contributed by atoms with Gasteiger partial charge in [0.05, 0.1) is 5.69 Å². The molecule has 0 radical (unpaired) electrons. The van der Waals surface area contributed by atoms with Crippen LogP contribution in [-0.2, 0) is 5.41 Å². The maximum Gasteiger partial charge on any atom is 0.0540 e. The highest BCUT2D eigenvalue weighted by Gasteiger charge is 2.61. The molecule has 0 aromatic heterocycles. The van der Waals surface area contributed by atoms with Crippen LogP contribution in [0.4, 0.5) is 17.1 Å². The molecule has 0 saturated heterocycles. The van der Waals surface area contributed by atoms with Crippen LogP contribution in [0.15, 0.2) is 188 Å². The summed E-state index contributed by atoms with van der Waals surface area (Å²) in [5.74, 6) is 3.25. The SMILES string of the molecule is c1ccc(-c2ccc(N(c3ccc(-c4ccc5ccccc5c4)cc3)c3ccc4c(c3)C3(c5ccccc5-4)C4CC5CC(C4)CC3C5)c(-c3ccccc3)c2)cc1. The Morgan fingerprint density at radius 1 is 0.351 bits per heavy atom. The lowest BCUT2D eigenvalue weighted by atomic mass is 9.43. The fourth-order valence-electron chi connectivity index (χ4n) is 12.3. The number of anilines is 3. The van der Waals surface area contributed by atoms with E-state index in [1.807, 2.05) is 0 Å². The summed E-state index contributed by atoms with van der Waals surface area (Å²) in [6, 6.07) is 70.6. The van der Waals surface area contributed by atoms with Crippen molar-refractivity contribution in [3.63, 3.8) is 0 Å². The minimum Gasteiger partial charge on any atom is -0.310 e. The zero-order chi connectivity index (χ0) is 37.5. The summed E-state index contributed by atoms with van der Waals surface area (Å²) in [4.78, 5) is 2.55. The molecule has 5 aliphatic carbocycles. The van der Waals surface area contributed by atoms with Crippen LogP contribution in [0, 0.1) is 23.7 Å². The Kier molecular flexibility index (Phi) is 7.49. The van der Waals surface area contributed by atoms with Gasteiger partial charge in [0, 0.05) is 22.4 Å². The molecule has 1 heteroatoms. The smallest absolute Gasteiger partial charge is 0.0540 e. The molecule has 8 aromatic rings. The van der Waals surface area contributed by atoms with Gasteiger partial charge in [-0.05, 0) is 159 Å². The van der Waals surface area contributed by atoms with Gasteiger partial charge in [0.15, 0.2) is 0 Å². The average Bonchev–Trinajstić information content (AvgIpc) is 3.56. The lowest BCUT2D eigenvalue weighted by molar-refractivity contribution is -0.0399. The molecular weight excluding hydrogens is 687 g/mol. The van der Waals surface area contributed by atoms with E-state index in [9.17, 15) is 0 Å². The molecule has 0 N–H and O–H groups in total. The fraction of sp³-hybridized carbons (Fsp3) is 0.179. The molecule has 5 aliphatic rings. The van der Waals surface area contributed by atoms with E-state index in [4.69, 9.17) is 0 Å². The maximum atomic E-state index is 2.63. The third kappa shape index (κ3) is 5.14. The van der Waals surface area contributed by atoms with Crippen molar-refractivity contribution in [3.05, 3.63) is 199 Å². The Hall–Kier alpha value is -6.18. The molecule has 4 bridgehead atoms. The molecular formula is C56H45N. The Labute approximate surface area is 336 Å². The van der Waals surface area contributed by atoms with Gasteiger partial charge >= 0.3 is 0 Å². The van der Waals surface area contributed by atoms with Gasteiger partial charge < -0.3 is 4.90 Å². The standard InChI is InChI=1S/C56H45N/c1-3-11-39(12-4-1)45-23-28-55(52(35-45)42-14-5-2-6-15-42)57(48-24-21-41(22-25-48)44-20-19-40-13-7-8-16-43(40)34-44)49-26-27-51-50-17-9-10-18-53(50)56(54(51)36-49)46-30-37-29-38(32-46)33-47(56)31-37/h1-28,34-38,46-47H,29-33H2. The zero-order valence-electron chi connectivity index (χ0n) is 32.2. The van der Waals surface area contributed by atoms with Crippen molar-refractivity contribution in [2.24, 2.45) is 23.7 Å². The number of hydrogen-bond acceptors (Lipinski definition) is 1. The number of fused-ring (bicyclic) bond motifs is 4. The molecule has 0 heterocycles. The van der Waals surface area contributed by atoms with Gasteiger partial charge in [-0.15, -0.1) is 0 Å². The number of rotatable bonds is 6. The monoisotopic (exact) mass is 731 g/mol. The van der Waals surface area contributed by atoms with Crippen molar-refractivity contribution in [1.82, 2.24) is 0 Å². The number of benzene rings is 8. The van der Waals surface area contributed by atoms with E-state index in [0.29, 0.717) is 11.8 Å². The van der Waals surface area contributed by atoms with Crippen LogP contribution in [0.5, 0.6) is 0 Å². The van der Waals surface area contributed by atoms with Gasteiger partial charge in [-0.2, -0.15) is 0 Å². The molecule has 0 aliphatic heterocycles. The summed E-state index contributed by atoms with van der Waals surface area (Å²) < 4.78 is 0. The Balaban J connectivity index is 1.06. The highest BCUT2D eigenvalue weighted by atomic mass is 15.1. The molecule has 274 valence electrons. The van der Waals surface area contributed by atoms with Crippen LogP contribution in [0.2, 0.25) is 0 Å². The Morgan fingerprint density at radius 3 is 1.67 bits per heavy atom. The van der Waals surface area contributed by atoms with Gasteiger partial charge in [0.2, 0.25) is 0 Å². The molecule has 0 atom stereocenters. The van der Waals surface area contributed by atoms with Crippen molar-refractivity contribution >= 4 is 27.8 Å². The second-order valence-electron chi connectivity index (χ2n) is 17.4. The van der Waals surface area contributed by atoms with Crippen LogP contribution < -0.4 is 4.90 Å². The van der Waals surface area contributed by atoms with Crippen LogP contribution in [-0.4, -0.2) is 0 Å². The minimum absolute atomic E-state index is 0.0976. The molecule has 1 spiro atoms. The highest BCUT2D eigenvalue weighted by molar-refractivity contribution is 5.93. The van der Waals surface area contributed by atoms with E-state index in [1.54, 1.807) is 11.1 Å². The van der Waals surface area contributed by atoms with Crippen molar-refractivity contribution in [2.45, 2.75) is 37.5 Å². The zero-order valence-corrected chi connectivity index (χ0v) is 32.2. The molecule has 13 rings (SSSR count). The first-order valence-corrected chi connectivity index (χ1v) is 21.1. The normalized spacial score (nSPS) is 22.5. The van der Waals surface area contributed by atoms with Crippen molar-refractivity contribution in [3.8, 4) is 44.5 Å². The minimum atomic E-state index is 0.0976. The van der Waals surface area contributed by atoms with Gasteiger partial charge in [-0.1, -0.05) is 146 Å². The maximum absolute atomic E-state index is 2.63. The number of hydrogen-bond donors (Lipinski definition) is 0. The fourth-order valence-corrected chi connectivity index (χ4v) is 12.3. The van der Waals surface area contributed by atoms with E-state index in [-0.39, 0.29) is 5.41 Å². The second kappa shape index (κ2) is 12.9. The lowest BCUT2D eigenvalue weighted by Gasteiger charge is -2.61. The van der Waals surface area contributed by atoms with E-state index in [0.717, 1.165) is 11.8 Å². The summed E-state index contributed by atoms with van der Waals surface area (Å²) >= 11 is 0. The van der Waals surface area contributed by atoms with Crippen LogP contribution in [0.3, 0.4) is 0 Å². The quantitative estimate of drug-likeness (QED) is 0.165. The third-order valence-electron chi connectivity index (χ3n) is 14.4. The average molecular weight is 732 g/mol. The molecule has 0 unspecified atom stereocenters. The molecule has 57 heavy (non-hydrogen) atoms. The highest BCUT2D eigenvalue weighted by Crippen LogP contribution is 2.69. The van der Waals surface area contributed by atoms with Crippen molar-refractivity contribution in [2.75, 3.05) is 4.90 Å². The topological polar surface area (TPSA) is 3.24 Å². The predicted octanol–water partition coefficient (Wildman–Crippen LogP) is 15.0. The summed E-state index contributed by atoms with van der Waals surface area (Å²) in [6.07, 6.45) is 6.98. The first-order valence-electron chi connectivity index (χ1n) is 21.1. The van der Waals surface area contributed by atoms with Gasteiger partial charge in [-0.3, -0.25) is 0 Å². The molecule has 4 saturated carbocycles. The first kappa shape index (κ1) is 33.0. The summed E-state index contributed by atoms with van der Waals surface area (Å²) in [5, 5.41) is 2.54. The largest absolute Gasteiger partial charge is 0.310 e. The van der Waals surface area contributed by atoms with E-state index < -0.39 is 0 Å². The van der Waals surface area contributed by atoms with Gasteiger partial charge in [-0.25, -0.2) is 0 Å².